The molecule has 114 valence electrons. The zero-order chi connectivity index (χ0) is 13.9. The molecule has 0 aromatic rings. The fourth-order valence-corrected chi connectivity index (χ4v) is 2.64. The average molecular weight is 273 g/mol. The van der Waals surface area contributed by atoms with Crippen molar-refractivity contribution in [2.75, 3.05) is 26.3 Å². The van der Waals surface area contributed by atoms with Crippen molar-refractivity contribution < 1.29 is 14.9 Å². The number of unbranched alkanes of at least 4 members (excludes halogenated alkanes) is 2. The second-order valence-corrected chi connectivity index (χ2v) is 5.87. The highest BCUT2D eigenvalue weighted by Crippen LogP contribution is 2.25. The number of rotatable bonds is 10. The molecule has 1 aliphatic rings. The third-order valence-electron chi connectivity index (χ3n) is 3.80. The number of hydrogen-bond acceptors (Lipinski definition) is 4. The summed E-state index contributed by atoms with van der Waals surface area (Å²) in [7, 11) is 0. The Balaban J connectivity index is 1.94. The summed E-state index contributed by atoms with van der Waals surface area (Å²) in [6, 6.07) is 0. The lowest BCUT2D eigenvalue weighted by molar-refractivity contribution is -0.0305. The average Bonchev–Trinajstić information content (AvgIpc) is 2.40. The van der Waals surface area contributed by atoms with Gasteiger partial charge in [-0.05, 0) is 44.6 Å². The standard InChI is InChI=1S/C15H31NO3/c1-13-6-5-7-15(10-13)19-12-14(18)11-16-8-3-2-4-9-17/h13-18H,2-12H2,1H3. The van der Waals surface area contributed by atoms with Crippen molar-refractivity contribution in [2.45, 2.75) is 64.1 Å². The highest BCUT2D eigenvalue weighted by molar-refractivity contribution is 4.71. The van der Waals surface area contributed by atoms with Crippen molar-refractivity contribution in [3.8, 4) is 0 Å². The van der Waals surface area contributed by atoms with Gasteiger partial charge < -0.3 is 20.3 Å². The first-order valence-electron chi connectivity index (χ1n) is 7.83. The zero-order valence-electron chi connectivity index (χ0n) is 12.3. The Morgan fingerprint density at radius 2 is 2.11 bits per heavy atom. The first kappa shape index (κ1) is 16.9. The van der Waals surface area contributed by atoms with Crippen molar-refractivity contribution in [1.82, 2.24) is 5.32 Å². The summed E-state index contributed by atoms with van der Waals surface area (Å²) in [5.74, 6) is 0.764. The second-order valence-electron chi connectivity index (χ2n) is 5.87. The molecule has 0 saturated heterocycles. The number of nitrogens with one attached hydrogen (secondary N) is 1. The molecule has 0 radical (unpaired) electrons. The Hall–Kier alpha value is -0.160. The van der Waals surface area contributed by atoms with Crippen molar-refractivity contribution in [2.24, 2.45) is 5.92 Å². The maximum absolute atomic E-state index is 9.82. The van der Waals surface area contributed by atoms with Gasteiger partial charge in [0.2, 0.25) is 0 Å². The minimum Gasteiger partial charge on any atom is -0.396 e. The Bertz CT molecular complexity index is 214. The first-order chi connectivity index (χ1) is 9.22. The zero-order valence-corrected chi connectivity index (χ0v) is 12.3. The van der Waals surface area contributed by atoms with Gasteiger partial charge in [0.25, 0.3) is 0 Å². The van der Waals surface area contributed by atoms with Gasteiger partial charge in [-0.15, -0.1) is 0 Å². The smallest absolute Gasteiger partial charge is 0.0897 e. The maximum atomic E-state index is 9.82. The van der Waals surface area contributed by atoms with E-state index in [4.69, 9.17) is 9.84 Å². The topological polar surface area (TPSA) is 61.7 Å². The maximum Gasteiger partial charge on any atom is 0.0897 e. The number of aliphatic hydroxyl groups is 2. The monoisotopic (exact) mass is 273 g/mol. The fourth-order valence-electron chi connectivity index (χ4n) is 2.64. The summed E-state index contributed by atoms with van der Waals surface area (Å²) in [6.07, 6.45) is 7.76. The van der Waals surface area contributed by atoms with Crippen LogP contribution in [-0.2, 0) is 4.74 Å². The van der Waals surface area contributed by atoms with E-state index in [1.165, 1.54) is 12.8 Å². The summed E-state index contributed by atoms with van der Waals surface area (Å²) >= 11 is 0. The van der Waals surface area contributed by atoms with Crippen LogP contribution in [0, 0.1) is 5.92 Å². The van der Waals surface area contributed by atoms with E-state index < -0.39 is 6.10 Å². The largest absolute Gasteiger partial charge is 0.396 e. The van der Waals surface area contributed by atoms with Gasteiger partial charge in [0.05, 0.1) is 18.8 Å². The highest BCUT2D eigenvalue weighted by Gasteiger charge is 2.20. The molecule has 0 aromatic carbocycles. The van der Waals surface area contributed by atoms with Crippen LogP contribution in [0.5, 0.6) is 0 Å². The molecular weight excluding hydrogens is 242 g/mol. The van der Waals surface area contributed by atoms with E-state index >= 15 is 0 Å². The Labute approximate surface area is 117 Å². The number of hydrogen-bond donors (Lipinski definition) is 3. The number of ether oxygens (including phenoxy) is 1. The van der Waals surface area contributed by atoms with E-state index in [-0.39, 0.29) is 6.61 Å². The van der Waals surface area contributed by atoms with Crippen LogP contribution in [0.1, 0.15) is 51.9 Å². The van der Waals surface area contributed by atoms with Crippen LogP contribution in [0.4, 0.5) is 0 Å². The fraction of sp³-hybridized carbons (Fsp3) is 1.00. The van der Waals surface area contributed by atoms with Gasteiger partial charge in [-0.1, -0.05) is 19.8 Å². The van der Waals surface area contributed by atoms with Crippen LogP contribution >= 0.6 is 0 Å². The molecule has 3 unspecified atom stereocenters. The second kappa shape index (κ2) is 10.6. The van der Waals surface area contributed by atoms with Gasteiger partial charge in [-0.25, -0.2) is 0 Å². The van der Waals surface area contributed by atoms with Gasteiger partial charge in [0.1, 0.15) is 0 Å². The van der Waals surface area contributed by atoms with Gasteiger partial charge in [-0.3, -0.25) is 0 Å². The molecular formula is C15H31NO3. The molecule has 0 aliphatic heterocycles. The predicted molar refractivity (Wildman–Crippen MR) is 77.2 cm³/mol. The molecule has 3 atom stereocenters. The quantitative estimate of drug-likeness (QED) is 0.530. The molecule has 1 rings (SSSR count). The van der Waals surface area contributed by atoms with E-state index in [9.17, 15) is 5.11 Å². The molecule has 1 fully saturated rings. The minimum atomic E-state index is -0.407. The lowest BCUT2D eigenvalue weighted by Crippen LogP contribution is -2.33. The van der Waals surface area contributed by atoms with Crippen LogP contribution in [-0.4, -0.2) is 48.7 Å². The van der Waals surface area contributed by atoms with Crippen molar-refractivity contribution >= 4 is 0 Å². The molecule has 19 heavy (non-hydrogen) atoms. The molecule has 0 heterocycles. The van der Waals surface area contributed by atoms with E-state index in [2.05, 4.69) is 12.2 Å². The third-order valence-corrected chi connectivity index (χ3v) is 3.80. The molecule has 4 heteroatoms. The van der Waals surface area contributed by atoms with Crippen molar-refractivity contribution in [3.63, 3.8) is 0 Å². The van der Waals surface area contributed by atoms with Crippen molar-refractivity contribution in [1.29, 1.82) is 0 Å². The summed E-state index contributed by atoms with van der Waals surface area (Å²) in [5.41, 5.74) is 0. The summed E-state index contributed by atoms with van der Waals surface area (Å²) in [6.45, 7) is 4.50. The molecule has 0 bridgehead atoms. The van der Waals surface area contributed by atoms with Gasteiger partial charge in [-0.2, -0.15) is 0 Å². The van der Waals surface area contributed by atoms with Gasteiger partial charge in [0.15, 0.2) is 0 Å². The molecule has 4 nitrogen and oxygen atoms in total. The summed E-state index contributed by atoms with van der Waals surface area (Å²) in [4.78, 5) is 0. The molecule has 0 spiro atoms. The van der Waals surface area contributed by atoms with Crippen LogP contribution in [0.25, 0.3) is 0 Å². The number of aliphatic hydroxyl groups excluding tert-OH is 2. The van der Waals surface area contributed by atoms with E-state index in [0.29, 0.717) is 19.3 Å². The lowest BCUT2D eigenvalue weighted by Gasteiger charge is -2.27. The van der Waals surface area contributed by atoms with Crippen LogP contribution in [0.2, 0.25) is 0 Å². The van der Waals surface area contributed by atoms with E-state index in [1.807, 2.05) is 0 Å². The van der Waals surface area contributed by atoms with E-state index in [1.54, 1.807) is 0 Å². The van der Waals surface area contributed by atoms with Crippen LogP contribution < -0.4 is 5.32 Å². The highest BCUT2D eigenvalue weighted by atomic mass is 16.5. The Morgan fingerprint density at radius 3 is 2.84 bits per heavy atom. The van der Waals surface area contributed by atoms with E-state index in [0.717, 1.165) is 44.6 Å². The summed E-state index contributed by atoms with van der Waals surface area (Å²) < 4.78 is 5.79. The van der Waals surface area contributed by atoms with Crippen LogP contribution in [0.15, 0.2) is 0 Å². The van der Waals surface area contributed by atoms with Gasteiger partial charge >= 0.3 is 0 Å². The van der Waals surface area contributed by atoms with Crippen LogP contribution in [0.3, 0.4) is 0 Å². The lowest BCUT2D eigenvalue weighted by atomic mass is 9.89. The minimum absolute atomic E-state index is 0.274. The first-order valence-corrected chi connectivity index (χ1v) is 7.83. The molecule has 1 aliphatic carbocycles. The molecule has 0 amide bonds. The normalized spacial score (nSPS) is 25.4. The summed E-state index contributed by atoms with van der Waals surface area (Å²) in [5, 5.41) is 21.7. The van der Waals surface area contributed by atoms with Gasteiger partial charge in [0, 0.05) is 13.2 Å². The third kappa shape index (κ3) is 8.58. The Kier molecular flexibility index (Phi) is 9.43. The molecule has 3 N–H and O–H groups in total. The predicted octanol–water partition coefficient (Wildman–Crippen LogP) is 1.69. The van der Waals surface area contributed by atoms with Crippen molar-refractivity contribution in [3.05, 3.63) is 0 Å². The molecule has 0 aromatic heterocycles. The molecule has 1 saturated carbocycles. The Morgan fingerprint density at radius 1 is 1.26 bits per heavy atom. The SMILES string of the molecule is CC1CCCC(OCC(O)CNCCCCCO)C1.